The Morgan fingerprint density at radius 2 is 1.30 bits per heavy atom. The van der Waals surface area contributed by atoms with Crippen LogP contribution in [0.25, 0.3) is 11.1 Å². The zero-order chi connectivity index (χ0) is 19.2. The molecule has 3 rings (SSSR count). The number of methoxy groups -OCH3 is 2. The standard InChI is InChI=1S/C22H18O5/c1-25-20-14-18(21(23)26-2)12-13-19(20)27-22(24)17-10-8-16(9-11-17)15-6-4-3-5-7-15/h3-14H,1-2H3. The van der Waals surface area contributed by atoms with Crippen LogP contribution in [0, 0.1) is 0 Å². The fourth-order valence-corrected chi connectivity index (χ4v) is 2.58. The fourth-order valence-electron chi connectivity index (χ4n) is 2.58. The molecule has 0 aliphatic carbocycles. The summed E-state index contributed by atoms with van der Waals surface area (Å²) >= 11 is 0. The van der Waals surface area contributed by atoms with Gasteiger partial charge in [-0.05, 0) is 41.5 Å². The van der Waals surface area contributed by atoms with Crippen LogP contribution in [-0.4, -0.2) is 26.2 Å². The lowest BCUT2D eigenvalue weighted by Gasteiger charge is -2.11. The maximum Gasteiger partial charge on any atom is 0.343 e. The summed E-state index contributed by atoms with van der Waals surface area (Å²) < 4.78 is 15.3. The van der Waals surface area contributed by atoms with Crippen molar-refractivity contribution in [1.29, 1.82) is 0 Å². The first kappa shape index (κ1) is 18.2. The molecule has 0 radical (unpaired) electrons. The van der Waals surface area contributed by atoms with Gasteiger partial charge in [0.05, 0.1) is 25.3 Å². The summed E-state index contributed by atoms with van der Waals surface area (Å²) in [4.78, 5) is 24.0. The molecule has 0 atom stereocenters. The van der Waals surface area contributed by atoms with E-state index in [1.54, 1.807) is 12.1 Å². The van der Waals surface area contributed by atoms with Gasteiger partial charge < -0.3 is 14.2 Å². The lowest BCUT2D eigenvalue weighted by atomic mass is 10.0. The van der Waals surface area contributed by atoms with Gasteiger partial charge in [0.15, 0.2) is 11.5 Å². The van der Waals surface area contributed by atoms with Crippen molar-refractivity contribution in [2.45, 2.75) is 0 Å². The van der Waals surface area contributed by atoms with Crippen molar-refractivity contribution in [2.75, 3.05) is 14.2 Å². The molecule has 0 spiro atoms. The van der Waals surface area contributed by atoms with Gasteiger partial charge in [0.25, 0.3) is 0 Å². The van der Waals surface area contributed by atoms with Gasteiger partial charge in [-0.25, -0.2) is 9.59 Å². The number of hydrogen-bond donors (Lipinski definition) is 0. The first-order valence-corrected chi connectivity index (χ1v) is 8.26. The summed E-state index contributed by atoms with van der Waals surface area (Å²) in [6.45, 7) is 0. The second-order valence-corrected chi connectivity index (χ2v) is 5.69. The molecule has 0 aliphatic heterocycles. The van der Waals surface area contributed by atoms with E-state index in [-0.39, 0.29) is 11.5 Å². The van der Waals surface area contributed by atoms with Crippen LogP contribution in [0.1, 0.15) is 20.7 Å². The molecule has 27 heavy (non-hydrogen) atoms. The monoisotopic (exact) mass is 362 g/mol. The third kappa shape index (κ3) is 4.15. The molecule has 3 aromatic carbocycles. The highest BCUT2D eigenvalue weighted by molar-refractivity contribution is 5.93. The summed E-state index contributed by atoms with van der Waals surface area (Å²) in [6.07, 6.45) is 0. The highest BCUT2D eigenvalue weighted by atomic mass is 16.6. The minimum atomic E-state index is -0.515. The number of hydrogen-bond acceptors (Lipinski definition) is 5. The van der Waals surface area contributed by atoms with Crippen LogP contribution in [0.15, 0.2) is 72.8 Å². The highest BCUT2D eigenvalue weighted by Gasteiger charge is 2.15. The van der Waals surface area contributed by atoms with E-state index in [0.717, 1.165) is 11.1 Å². The molecule has 0 fully saturated rings. The Morgan fingerprint density at radius 1 is 0.667 bits per heavy atom. The Kier molecular flexibility index (Phi) is 5.52. The normalized spacial score (nSPS) is 10.1. The van der Waals surface area contributed by atoms with E-state index in [9.17, 15) is 9.59 Å². The van der Waals surface area contributed by atoms with E-state index < -0.39 is 11.9 Å². The van der Waals surface area contributed by atoms with Crippen molar-refractivity contribution < 1.29 is 23.8 Å². The number of benzene rings is 3. The van der Waals surface area contributed by atoms with Crippen molar-refractivity contribution in [3.8, 4) is 22.6 Å². The molecule has 0 aliphatic rings. The zero-order valence-corrected chi connectivity index (χ0v) is 15.0. The zero-order valence-electron chi connectivity index (χ0n) is 15.0. The molecule has 5 heteroatoms. The molecule has 136 valence electrons. The average molecular weight is 362 g/mol. The first-order valence-electron chi connectivity index (χ1n) is 8.26. The lowest BCUT2D eigenvalue weighted by Crippen LogP contribution is -2.10. The molecule has 0 amide bonds. The average Bonchev–Trinajstić information content (AvgIpc) is 2.74. The van der Waals surface area contributed by atoms with Gasteiger partial charge in [-0.2, -0.15) is 0 Å². The summed E-state index contributed by atoms with van der Waals surface area (Å²) in [7, 11) is 2.73. The van der Waals surface area contributed by atoms with E-state index in [1.165, 1.54) is 32.4 Å². The lowest BCUT2D eigenvalue weighted by molar-refractivity contribution is 0.0600. The highest BCUT2D eigenvalue weighted by Crippen LogP contribution is 2.29. The number of carbonyl (C=O) groups is 2. The molecule has 5 nitrogen and oxygen atoms in total. The molecule has 0 N–H and O–H groups in total. The molecular weight excluding hydrogens is 344 g/mol. The van der Waals surface area contributed by atoms with Crippen LogP contribution in [0.2, 0.25) is 0 Å². The van der Waals surface area contributed by atoms with Gasteiger partial charge in [0.2, 0.25) is 0 Å². The molecular formula is C22H18O5. The molecule has 0 bridgehead atoms. The second kappa shape index (κ2) is 8.19. The van der Waals surface area contributed by atoms with Gasteiger partial charge in [-0.3, -0.25) is 0 Å². The summed E-state index contributed by atoms with van der Waals surface area (Å²) in [5.41, 5.74) is 2.79. The van der Waals surface area contributed by atoms with Crippen molar-refractivity contribution in [3.63, 3.8) is 0 Å². The summed E-state index contributed by atoms with van der Waals surface area (Å²) in [5.74, 6) is -0.518. The Hall–Kier alpha value is -3.60. The fraction of sp³-hybridized carbons (Fsp3) is 0.0909. The van der Waals surface area contributed by atoms with E-state index in [1.807, 2.05) is 42.5 Å². The Bertz CT molecular complexity index is 946. The minimum absolute atomic E-state index is 0.224. The quantitative estimate of drug-likeness (QED) is 0.498. The largest absolute Gasteiger partial charge is 0.493 e. The van der Waals surface area contributed by atoms with Crippen LogP contribution >= 0.6 is 0 Å². The summed E-state index contributed by atoms with van der Waals surface area (Å²) in [6, 6.07) is 21.5. The van der Waals surface area contributed by atoms with Crippen LogP contribution in [-0.2, 0) is 4.74 Å². The van der Waals surface area contributed by atoms with Crippen molar-refractivity contribution >= 4 is 11.9 Å². The predicted molar refractivity (Wildman–Crippen MR) is 101 cm³/mol. The molecule has 0 saturated heterocycles. The topological polar surface area (TPSA) is 61.8 Å². The second-order valence-electron chi connectivity index (χ2n) is 5.69. The molecule has 3 aromatic rings. The Morgan fingerprint density at radius 3 is 1.93 bits per heavy atom. The number of esters is 2. The Balaban J connectivity index is 1.78. The Labute approximate surface area is 157 Å². The van der Waals surface area contributed by atoms with E-state index in [2.05, 4.69) is 4.74 Å². The van der Waals surface area contributed by atoms with Crippen molar-refractivity contribution in [3.05, 3.63) is 83.9 Å². The van der Waals surface area contributed by atoms with Gasteiger partial charge >= 0.3 is 11.9 Å². The van der Waals surface area contributed by atoms with Crippen molar-refractivity contribution in [1.82, 2.24) is 0 Å². The van der Waals surface area contributed by atoms with E-state index >= 15 is 0 Å². The maximum atomic E-state index is 12.4. The third-order valence-corrected chi connectivity index (χ3v) is 4.02. The molecule has 0 heterocycles. The molecule has 0 unspecified atom stereocenters. The number of rotatable bonds is 5. The van der Waals surface area contributed by atoms with Crippen LogP contribution < -0.4 is 9.47 Å². The molecule has 0 saturated carbocycles. The SMILES string of the molecule is COC(=O)c1ccc(OC(=O)c2ccc(-c3ccccc3)cc2)c(OC)c1. The number of carbonyl (C=O) groups excluding carboxylic acids is 2. The van der Waals surface area contributed by atoms with Gasteiger partial charge in [-0.15, -0.1) is 0 Å². The first-order chi connectivity index (χ1) is 13.1. The van der Waals surface area contributed by atoms with E-state index in [4.69, 9.17) is 9.47 Å². The van der Waals surface area contributed by atoms with Crippen LogP contribution in [0.5, 0.6) is 11.5 Å². The summed E-state index contributed by atoms with van der Waals surface area (Å²) in [5, 5.41) is 0. The van der Waals surface area contributed by atoms with Crippen molar-refractivity contribution in [2.24, 2.45) is 0 Å². The minimum Gasteiger partial charge on any atom is -0.493 e. The van der Waals surface area contributed by atoms with E-state index in [0.29, 0.717) is 11.1 Å². The smallest absolute Gasteiger partial charge is 0.343 e. The van der Waals surface area contributed by atoms with Crippen LogP contribution in [0.4, 0.5) is 0 Å². The van der Waals surface area contributed by atoms with Crippen LogP contribution in [0.3, 0.4) is 0 Å². The third-order valence-electron chi connectivity index (χ3n) is 4.02. The van der Waals surface area contributed by atoms with Gasteiger partial charge in [0.1, 0.15) is 0 Å². The van der Waals surface area contributed by atoms with Gasteiger partial charge in [-0.1, -0.05) is 42.5 Å². The molecule has 0 aromatic heterocycles. The maximum absolute atomic E-state index is 12.4. The predicted octanol–water partition coefficient (Wildman–Crippen LogP) is 4.37. The number of ether oxygens (including phenoxy) is 3. The van der Waals surface area contributed by atoms with Gasteiger partial charge in [0, 0.05) is 0 Å².